The molecule has 2 aromatic carbocycles. The van der Waals surface area contributed by atoms with Gasteiger partial charge in [-0.05, 0) is 30.7 Å². The Morgan fingerprint density at radius 1 is 1.08 bits per heavy atom. The van der Waals surface area contributed by atoms with Crippen LogP contribution in [0.4, 0.5) is 4.39 Å². The molecule has 0 spiro atoms. The van der Waals surface area contributed by atoms with E-state index in [2.05, 4.69) is 15.2 Å². The summed E-state index contributed by atoms with van der Waals surface area (Å²) in [5.41, 5.74) is 2.92. The number of nitrogens with one attached hydrogen (secondary N) is 1. The Kier molecular flexibility index (Phi) is 3.82. The lowest BCUT2D eigenvalue weighted by molar-refractivity contribution is 0.465. The van der Waals surface area contributed by atoms with E-state index in [0.29, 0.717) is 11.1 Å². The Morgan fingerprint density at radius 2 is 1.88 bits per heavy atom. The molecule has 0 aliphatic rings. The minimum atomic E-state index is -0.240. The number of benzene rings is 2. The molecule has 6 heteroatoms. The number of H-pyrrole nitrogens is 1. The summed E-state index contributed by atoms with van der Waals surface area (Å²) in [6, 6.07) is 14.4. The van der Waals surface area contributed by atoms with E-state index in [9.17, 15) is 4.39 Å². The molecule has 4 nitrogen and oxygen atoms in total. The van der Waals surface area contributed by atoms with Gasteiger partial charge in [0.05, 0.1) is 5.56 Å². The van der Waals surface area contributed by atoms with Crippen LogP contribution in [0.3, 0.4) is 0 Å². The lowest BCUT2D eigenvalue weighted by atomic mass is 10.2. The minimum Gasteiger partial charge on any atom is -0.411 e. The minimum absolute atomic E-state index is 0.0851. The second-order valence-corrected chi connectivity index (χ2v) is 6.72. The zero-order valence-electron chi connectivity index (χ0n) is 12.9. The molecule has 0 unspecified atom stereocenters. The summed E-state index contributed by atoms with van der Waals surface area (Å²) >= 11 is 1.45. The van der Waals surface area contributed by atoms with Crippen molar-refractivity contribution in [3.05, 3.63) is 66.1 Å². The Labute approximate surface area is 142 Å². The van der Waals surface area contributed by atoms with Gasteiger partial charge in [0.1, 0.15) is 5.82 Å². The van der Waals surface area contributed by atoms with Crippen molar-refractivity contribution in [2.24, 2.45) is 0 Å². The third kappa shape index (κ3) is 2.80. The molecule has 2 aromatic heterocycles. The summed E-state index contributed by atoms with van der Waals surface area (Å²) in [5.74, 6) is 0.247. The summed E-state index contributed by atoms with van der Waals surface area (Å²) in [4.78, 5) is 3.20. The van der Waals surface area contributed by atoms with Gasteiger partial charge >= 0.3 is 0 Å². The lowest BCUT2D eigenvalue weighted by Gasteiger charge is -2.07. The first kappa shape index (κ1) is 15.0. The summed E-state index contributed by atoms with van der Waals surface area (Å²) in [6.45, 7) is 2.02. The summed E-state index contributed by atoms with van der Waals surface area (Å²) < 4.78 is 18.8. The van der Waals surface area contributed by atoms with Crippen molar-refractivity contribution in [2.75, 3.05) is 0 Å². The number of hydrogen-bond donors (Lipinski definition) is 1. The second-order valence-electron chi connectivity index (χ2n) is 5.43. The number of halogens is 1. The topological polar surface area (TPSA) is 54.7 Å². The first-order valence-corrected chi connectivity index (χ1v) is 8.41. The fourth-order valence-electron chi connectivity index (χ4n) is 2.57. The van der Waals surface area contributed by atoms with Gasteiger partial charge in [-0.25, -0.2) is 4.39 Å². The number of hydrogen-bond acceptors (Lipinski definition) is 4. The molecule has 0 aliphatic carbocycles. The highest BCUT2D eigenvalue weighted by Crippen LogP contribution is 2.36. The van der Waals surface area contributed by atoms with Crippen molar-refractivity contribution in [1.29, 1.82) is 0 Å². The predicted octanol–water partition coefficient (Wildman–Crippen LogP) is 5.21. The molecule has 24 heavy (non-hydrogen) atoms. The van der Waals surface area contributed by atoms with Gasteiger partial charge in [-0.1, -0.05) is 42.1 Å². The Morgan fingerprint density at radius 3 is 2.71 bits per heavy atom. The highest BCUT2D eigenvalue weighted by Gasteiger charge is 2.16. The number of aromatic amines is 1. The quantitative estimate of drug-likeness (QED) is 0.519. The maximum absolute atomic E-state index is 13.0. The second kappa shape index (κ2) is 6.13. The van der Waals surface area contributed by atoms with Crippen molar-refractivity contribution in [2.45, 2.75) is 17.4 Å². The summed E-state index contributed by atoms with van der Waals surface area (Å²) in [5, 5.41) is 9.90. The average Bonchev–Trinajstić information content (AvgIpc) is 3.22. The molecule has 0 radical (unpaired) electrons. The molecule has 2 heterocycles. The van der Waals surface area contributed by atoms with Gasteiger partial charge in [0.25, 0.3) is 11.1 Å². The maximum Gasteiger partial charge on any atom is 0.277 e. The molecule has 1 atom stereocenters. The molecule has 1 N–H and O–H groups in total. The van der Waals surface area contributed by atoms with Gasteiger partial charge in [-0.15, -0.1) is 10.2 Å². The zero-order valence-corrected chi connectivity index (χ0v) is 13.7. The van der Waals surface area contributed by atoms with Crippen molar-refractivity contribution in [3.63, 3.8) is 0 Å². The third-order valence-electron chi connectivity index (χ3n) is 3.84. The largest absolute Gasteiger partial charge is 0.411 e. The van der Waals surface area contributed by atoms with Gasteiger partial charge in [0, 0.05) is 22.3 Å². The van der Waals surface area contributed by atoms with E-state index < -0.39 is 0 Å². The smallest absolute Gasteiger partial charge is 0.277 e. The molecule has 0 saturated heterocycles. The van der Waals surface area contributed by atoms with E-state index in [1.807, 2.05) is 37.4 Å². The van der Waals surface area contributed by atoms with Crippen LogP contribution in [0.5, 0.6) is 0 Å². The van der Waals surface area contributed by atoms with Crippen LogP contribution in [0, 0.1) is 5.82 Å². The number of rotatable bonds is 4. The molecule has 0 bridgehead atoms. The van der Waals surface area contributed by atoms with Crippen molar-refractivity contribution < 1.29 is 8.81 Å². The van der Waals surface area contributed by atoms with Gasteiger partial charge in [0.15, 0.2) is 0 Å². The fourth-order valence-corrected chi connectivity index (χ4v) is 3.38. The molecular weight excluding hydrogens is 325 g/mol. The van der Waals surface area contributed by atoms with Crippen LogP contribution in [0.25, 0.3) is 22.4 Å². The van der Waals surface area contributed by atoms with Crippen LogP contribution in [-0.4, -0.2) is 15.2 Å². The highest BCUT2D eigenvalue weighted by molar-refractivity contribution is 7.99. The average molecular weight is 339 g/mol. The van der Waals surface area contributed by atoms with Crippen LogP contribution >= 0.6 is 11.8 Å². The molecule has 4 rings (SSSR count). The van der Waals surface area contributed by atoms with Crippen molar-refractivity contribution in [1.82, 2.24) is 15.2 Å². The molecule has 4 aromatic rings. The van der Waals surface area contributed by atoms with E-state index >= 15 is 0 Å². The maximum atomic E-state index is 13.0. The van der Waals surface area contributed by atoms with Crippen molar-refractivity contribution in [3.8, 4) is 11.5 Å². The van der Waals surface area contributed by atoms with E-state index in [0.717, 1.165) is 22.0 Å². The normalized spacial score (nSPS) is 12.6. The summed E-state index contributed by atoms with van der Waals surface area (Å²) in [7, 11) is 0. The first-order valence-electron chi connectivity index (χ1n) is 7.53. The SMILES string of the molecule is C[C@H](Sc1nnc(-c2c[nH]c3ccccc23)o1)c1ccc(F)cc1. The molecule has 0 aliphatic heterocycles. The molecule has 0 amide bonds. The van der Waals surface area contributed by atoms with Gasteiger partial charge in [-0.3, -0.25) is 0 Å². The lowest BCUT2D eigenvalue weighted by Crippen LogP contribution is -1.88. The van der Waals surface area contributed by atoms with E-state index in [1.54, 1.807) is 12.1 Å². The predicted molar refractivity (Wildman–Crippen MR) is 92.3 cm³/mol. The number of fused-ring (bicyclic) bond motifs is 1. The number of nitrogens with zero attached hydrogens (tertiary/aromatic N) is 2. The molecule has 120 valence electrons. The van der Waals surface area contributed by atoms with Crippen molar-refractivity contribution >= 4 is 22.7 Å². The Balaban J connectivity index is 1.57. The Bertz CT molecular complexity index is 977. The monoisotopic (exact) mass is 339 g/mol. The van der Waals surface area contributed by atoms with E-state index in [-0.39, 0.29) is 11.1 Å². The molecule has 0 fully saturated rings. The van der Waals surface area contributed by atoms with Gasteiger partial charge in [0.2, 0.25) is 0 Å². The third-order valence-corrected chi connectivity index (χ3v) is 4.84. The zero-order chi connectivity index (χ0) is 16.5. The van der Waals surface area contributed by atoms with Crippen LogP contribution < -0.4 is 0 Å². The van der Waals surface area contributed by atoms with Crippen LogP contribution in [0.1, 0.15) is 17.7 Å². The van der Waals surface area contributed by atoms with Gasteiger partial charge in [-0.2, -0.15) is 0 Å². The van der Waals surface area contributed by atoms with Crippen LogP contribution in [0.2, 0.25) is 0 Å². The van der Waals surface area contributed by atoms with E-state index in [1.165, 1.54) is 23.9 Å². The standard InChI is InChI=1S/C18H14FN3OS/c1-11(12-6-8-13(19)9-7-12)24-18-22-21-17(23-18)15-10-20-16-5-3-2-4-14(15)16/h2-11,20H,1H3/t11-/m0/s1. The number of para-hydroxylation sites is 1. The highest BCUT2D eigenvalue weighted by atomic mass is 32.2. The van der Waals surface area contributed by atoms with Crippen LogP contribution in [0.15, 0.2) is 64.4 Å². The first-order chi connectivity index (χ1) is 11.7. The molecule has 0 saturated carbocycles. The molecular formula is C18H14FN3OS. The van der Waals surface area contributed by atoms with Crippen LogP contribution in [-0.2, 0) is 0 Å². The Hall–Kier alpha value is -2.60. The number of thioether (sulfide) groups is 1. The number of aromatic nitrogens is 3. The van der Waals surface area contributed by atoms with Gasteiger partial charge < -0.3 is 9.40 Å². The summed E-state index contributed by atoms with van der Waals surface area (Å²) in [6.07, 6.45) is 1.87. The van der Waals surface area contributed by atoms with E-state index in [4.69, 9.17) is 4.42 Å². The fraction of sp³-hybridized carbons (Fsp3) is 0.111.